The lowest BCUT2D eigenvalue weighted by Crippen LogP contribution is -2.47. The van der Waals surface area contributed by atoms with Crippen molar-refractivity contribution in [1.29, 1.82) is 0 Å². The molecule has 1 N–H and O–H groups in total. The topological polar surface area (TPSA) is 80.1 Å². The average molecular weight is 528 g/mol. The number of halogens is 1. The second-order valence-electron chi connectivity index (χ2n) is 10.5. The van der Waals surface area contributed by atoms with Crippen molar-refractivity contribution in [2.45, 2.75) is 33.1 Å². The summed E-state index contributed by atoms with van der Waals surface area (Å²) >= 11 is 5.83. The standard InChI is InChI=1S/C30H30ClN5O2/c1-20-4-5-22(16-26(20)34-28(37)23-8-11-27(31)33-17-23)29(38)35-14-12-25(30(2,3)18-35)21-6-9-24(10-7-21)36-15-13-32-19-36/h4-11,13,15-17,19,25H,12,14,18H2,1-3H3,(H,34,37). The Labute approximate surface area is 227 Å². The molecule has 0 spiro atoms. The number of pyridine rings is 1. The molecule has 0 bridgehead atoms. The SMILES string of the molecule is Cc1ccc(C(=O)N2CCC(c3ccc(-n4ccnc4)cc3)C(C)(C)C2)cc1NC(=O)c1ccc(Cl)nc1. The maximum atomic E-state index is 13.5. The van der Waals surface area contributed by atoms with Gasteiger partial charge in [0, 0.05) is 48.6 Å². The van der Waals surface area contributed by atoms with Gasteiger partial charge in [-0.2, -0.15) is 0 Å². The number of likely N-dealkylation sites (tertiary alicyclic amines) is 1. The summed E-state index contributed by atoms with van der Waals surface area (Å²) in [5.41, 5.74) is 4.67. The van der Waals surface area contributed by atoms with E-state index in [9.17, 15) is 9.59 Å². The largest absolute Gasteiger partial charge is 0.338 e. The van der Waals surface area contributed by atoms with Gasteiger partial charge in [0.15, 0.2) is 0 Å². The molecule has 2 aromatic carbocycles. The fourth-order valence-electron chi connectivity index (χ4n) is 5.22. The quantitative estimate of drug-likeness (QED) is 0.316. The van der Waals surface area contributed by atoms with Crippen molar-refractivity contribution in [2.75, 3.05) is 18.4 Å². The third-order valence-corrected chi connectivity index (χ3v) is 7.56. The minimum Gasteiger partial charge on any atom is -0.338 e. The number of benzene rings is 2. The Morgan fingerprint density at radius 1 is 1.05 bits per heavy atom. The lowest BCUT2D eigenvalue weighted by Gasteiger charge is -2.44. The fourth-order valence-corrected chi connectivity index (χ4v) is 5.33. The van der Waals surface area contributed by atoms with Crippen LogP contribution in [0.15, 0.2) is 79.5 Å². The van der Waals surface area contributed by atoms with E-state index in [0.717, 1.165) is 17.7 Å². The number of aryl methyl sites for hydroxylation is 1. The number of rotatable bonds is 5. The second kappa shape index (κ2) is 10.4. The highest BCUT2D eigenvalue weighted by Crippen LogP contribution is 2.42. The zero-order chi connectivity index (χ0) is 26.9. The maximum absolute atomic E-state index is 13.5. The lowest BCUT2D eigenvalue weighted by atomic mass is 9.70. The first kappa shape index (κ1) is 25.7. The number of hydrogen-bond donors (Lipinski definition) is 1. The number of carbonyl (C=O) groups excluding carboxylic acids is 2. The van der Waals surface area contributed by atoms with Crippen molar-refractivity contribution in [3.8, 4) is 5.69 Å². The van der Waals surface area contributed by atoms with E-state index in [0.29, 0.717) is 41.0 Å². The Hall–Kier alpha value is -3.97. The highest BCUT2D eigenvalue weighted by Gasteiger charge is 2.38. The number of nitrogens with one attached hydrogen (secondary N) is 1. The van der Waals surface area contributed by atoms with Crippen LogP contribution in [0.2, 0.25) is 5.15 Å². The summed E-state index contributed by atoms with van der Waals surface area (Å²) in [6.07, 6.45) is 7.80. The Balaban J connectivity index is 1.28. The molecular formula is C30H30ClN5O2. The monoisotopic (exact) mass is 527 g/mol. The molecule has 5 rings (SSSR count). The van der Waals surface area contributed by atoms with Gasteiger partial charge in [0.1, 0.15) is 5.15 Å². The van der Waals surface area contributed by atoms with Gasteiger partial charge in [0.05, 0.1) is 11.9 Å². The van der Waals surface area contributed by atoms with Crippen LogP contribution in [0.25, 0.3) is 5.69 Å². The molecule has 0 aliphatic carbocycles. The molecule has 1 atom stereocenters. The number of anilines is 1. The molecule has 38 heavy (non-hydrogen) atoms. The molecule has 3 heterocycles. The third-order valence-electron chi connectivity index (χ3n) is 7.34. The molecule has 1 unspecified atom stereocenters. The smallest absolute Gasteiger partial charge is 0.257 e. The van der Waals surface area contributed by atoms with Crippen molar-refractivity contribution in [3.05, 3.63) is 107 Å². The maximum Gasteiger partial charge on any atom is 0.257 e. The highest BCUT2D eigenvalue weighted by molar-refractivity contribution is 6.29. The number of carbonyl (C=O) groups is 2. The van der Waals surface area contributed by atoms with Crippen molar-refractivity contribution in [1.82, 2.24) is 19.4 Å². The van der Waals surface area contributed by atoms with Gasteiger partial charge >= 0.3 is 0 Å². The summed E-state index contributed by atoms with van der Waals surface area (Å²) in [7, 11) is 0. The Kier molecular flexibility index (Phi) is 7.04. The Morgan fingerprint density at radius 2 is 1.82 bits per heavy atom. The number of aromatic nitrogens is 3. The van der Waals surface area contributed by atoms with Crippen LogP contribution in [0.1, 0.15) is 58.0 Å². The van der Waals surface area contributed by atoms with Crippen molar-refractivity contribution in [2.24, 2.45) is 5.41 Å². The highest BCUT2D eigenvalue weighted by atomic mass is 35.5. The molecule has 2 amide bonds. The summed E-state index contributed by atoms with van der Waals surface area (Å²) in [4.78, 5) is 36.3. The number of nitrogens with zero attached hydrogens (tertiary/aromatic N) is 4. The van der Waals surface area contributed by atoms with E-state index < -0.39 is 0 Å². The molecule has 2 aromatic heterocycles. The van der Waals surface area contributed by atoms with Crippen LogP contribution in [-0.4, -0.2) is 44.3 Å². The van der Waals surface area contributed by atoms with Gasteiger partial charge in [0.2, 0.25) is 0 Å². The van der Waals surface area contributed by atoms with Crippen molar-refractivity contribution in [3.63, 3.8) is 0 Å². The molecule has 1 fully saturated rings. The summed E-state index contributed by atoms with van der Waals surface area (Å²) in [5.74, 6) is 0.00255. The van der Waals surface area contributed by atoms with Crippen molar-refractivity contribution >= 4 is 29.1 Å². The molecule has 0 radical (unpaired) electrons. The average Bonchev–Trinajstić information content (AvgIpc) is 3.45. The number of amides is 2. The van der Waals surface area contributed by atoms with Gasteiger partial charge < -0.3 is 14.8 Å². The molecule has 8 heteroatoms. The summed E-state index contributed by atoms with van der Waals surface area (Å²) in [5, 5.41) is 3.23. The predicted octanol–water partition coefficient (Wildman–Crippen LogP) is 6.14. The lowest BCUT2D eigenvalue weighted by molar-refractivity contribution is 0.0524. The van der Waals surface area contributed by atoms with Gasteiger partial charge in [-0.15, -0.1) is 0 Å². The van der Waals surface area contributed by atoms with Crippen LogP contribution < -0.4 is 5.32 Å². The molecule has 1 aliphatic rings. The zero-order valence-electron chi connectivity index (χ0n) is 21.7. The van der Waals surface area contributed by atoms with Crippen LogP contribution in [0, 0.1) is 12.3 Å². The van der Waals surface area contributed by atoms with Gasteiger partial charge in [0.25, 0.3) is 11.8 Å². The first-order valence-corrected chi connectivity index (χ1v) is 13.0. The minimum absolute atomic E-state index is 0.0318. The molecule has 4 aromatic rings. The van der Waals surface area contributed by atoms with E-state index in [2.05, 4.69) is 53.4 Å². The molecule has 1 saturated heterocycles. The zero-order valence-corrected chi connectivity index (χ0v) is 22.4. The second-order valence-corrected chi connectivity index (χ2v) is 10.9. The van der Waals surface area contributed by atoms with E-state index in [1.54, 1.807) is 30.7 Å². The van der Waals surface area contributed by atoms with Crippen LogP contribution in [0.4, 0.5) is 5.69 Å². The van der Waals surface area contributed by atoms with Crippen molar-refractivity contribution < 1.29 is 9.59 Å². The molecule has 0 saturated carbocycles. The first-order chi connectivity index (χ1) is 18.2. The third kappa shape index (κ3) is 5.34. The molecule has 194 valence electrons. The van der Waals surface area contributed by atoms with Gasteiger partial charge in [-0.3, -0.25) is 9.59 Å². The minimum atomic E-state index is -0.303. The number of imidazole rings is 1. The van der Waals surface area contributed by atoms with E-state index in [1.807, 2.05) is 34.7 Å². The predicted molar refractivity (Wildman–Crippen MR) is 149 cm³/mol. The summed E-state index contributed by atoms with van der Waals surface area (Å²) in [6.45, 7) is 7.66. The Bertz CT molecular complexity index is 1450. The van der Waals surface area contributed by atoms with E-state index in [-0.39, 0.29) is 17.2 Å². The van der Waals surface area contributed by atoms with Crippen LogP contribution in [0.3, 0.4) is 0 Å². The van der Waals surface area contributed by atoms with Crippen LogP contribution in [-0.2, 0) is 0 Å². The molecule has 1 aliphatic heterocycles. The molecule has 7 nitrogen and oxygen atoms in total. The molecular weight excluding hydrogens is 498 g/mol. The normalized spacial score (nSPS) is 16.7. The van der Waals surface area contributed by atoms with Gasteiger partial charge in [-0.05, 0) is 72.2 Å². The van der Waals surface area contributed by atoms with E-state index >= 15 is 0 Å². The van der Waals surface area contributed by atoms with E-state index in [4.69, 9.17) is 11.6 Å². The van der Waals surface area contributed by atoms with Gasteiger partial charge in [-0.25, -0.2) is 9.97 Å². The van der Waals surface area contributed by atoms with Crippen LogP contribution >= 0.6 is 11.6 Å². The fraction of sp³-hybridized carbons (Fsp3) is 0.267. The van der Waals surface area contributed by atoms with Crippen LogP contribution in [0.5, 0.6) is 0 Å². The summed E-state index contributed by atoms with van der Waals surface area (Å²) in [6, 6.07) is 17.2. The summed E-state index contributed by atoms with van der Waals surface area (Å²) < 4.78 is 1.99. The van der Waals surface area contributed by atoms with Gasteiger partial charge in [-0.1, -0.05) is 43.6 Å². The van der Waals surface area contributed by atoms with E-state index in [1.165, 1.54) is 11.8 Å². The first-order valence-electron chi connectivity index (χ1n) is 12.6. The number of hydrogen-bond acceptors (Lipinski definition) is 4. The number of piperidine rings is 1. The Morgan fingerprint density at radius 3 is 2.47 bits per heavy atom.